The number of aliphatic carboxylic acids is 1. The minimum atomic E-state index is -3.73. The third kappa shape index (κ3) is 7.14. The molecule has 3 N–H and O–H groups in total. The van der Waals surface area contributed by atoms with Gasteiger partial charge in [-0.3, -0.25) is 18.7 Å². The lowest BCUT2D eigenvalue weighted by atomic mass is 9.98. The van der Waals surface area contributed by atoms with Crippen LogP contribution in [0.25, 0.3) is 11.3 Å². The molecule has 0 atom stereocenters. The van der Waals surface area contributed by atoms with E-state index in [4.69, 9.17) is 5.11 Å². The lowest BCUT2D eigenvalue weighted by Gasteiger charge is -2.24. The number of benzene rings is 3. The summed E-state index contributed by atoms with van der Waals surface area (Å²) in [6.45, 7) is -0.339. The Morgan fingerprint density at radius 3 is 2.24 bits per heavy atom. The molecule has 3 aromatic carbocycles. The number of rotatable bonds is 10. The number of amides is 2. The summed E-state index contributed by atoms with van der Waals surface area (Å²) in [7, 11) is -0.624. The van der Waals surface area contributed by atoms with E-state index >= 15 is 0 Å². The fraction of sp³-hybridized carbons (Fsp3) is 0.207. The van der Waals surface area contributed by atoms with Crippen LogP contribution >= 0.6 is 15.9 Å². The normalized spacial score (nSPS) is 13.7. The molecule has 214 valence electrons. The van der Waals surface area contributed by atoms with Gasteiger partial charge in [0.2, 0.25) is 15.9 Å². The average Bonchev–Trinajstić information content (AvgIpc) is 3.23. The van der Waals surface area contributed by atoms with E-state index in [0.717, 1.165) is 20.6 Å². The zero-order valence-corrected chi connectivity index (χ0v) is 25.0. The summed E-state index contributed by atoms with van der Waals surface area (Å²) >= 11 is 3.43. The Morgan fingerprint density at radius 2 is 1.66 bits per heavy atom. The first-order valence-electron chi connectivity index (χ1n) is 12.5. The smallest absolute Gasteiger partial charge is 0.303 e. The maximum atomic E-state index is 13.2. The first-order chi connectivity index (χ1) is 19.3. The second-order valence-electron chi connectivity index (χ2n) is 9.71. The van der Waals surface area contributed by atoms with E-state index in [-0.39, 0.29) is 24.8 Å². The van der Waals surface area contributed by atoms with E-state index in [0.29, 0.717) is 45.9 Å². The van der Waals surface area contributed by atoms with Crippen molar-refractivity contribution in [2.75, 3.05) is 41.8 Å². The van der Waals surface area contributed by atoms with E-state index in [1.54, 1.807) is 38.4 Å². The molecule has 1 heterocycles. The Balaban J connectivity index is 1.73. The molecule has 10 nitrogen and oxygen atoms in total. The highest BCUT2D eigenvalue weighted by atomic mass is 79.9. The van der Waals surface area contributed by atoms with Crippen molar-refractivity contribution in [3.8, 4) is 0 Å². The summed E-state index contributed by atoms with van der Waals surface area (Å²) in [5.41, 5.74) is 4.74. The highest BCUT2D eigenvalue weighted by Gasteiger charge is 2.29. The van der Waals surface area contributed by atoms with Gasteiger partial charge in [-0.25, -0.2) is 8.42 Å². The van der Waals surface area contributed by atoms with Crippen LogP contribution in [-0.4, -0.2) is 63.1 Å². The summed E-state index contributed by atoms with van der Waals surface area (Å²) < 4.78 is 26.8. The zero-order valence-electron chi connectivity index (χ0n) is 22.6. The number of carboxylic acids is 1. The molecule has 0 unspecified atom stereocenters. The molecule has 2 amide bonds. The summed E-state index contributed by atoms with van der Waals surface area (Å²) in [4.78, 5) is 37.8. The van der Waals surface area contributed by atoms with Crippen LogP contribution in [0.2, 0.25) is 0 Å². The van der Waals surface area contributed by atoms with Crippen LogP contribution in [-0.2, 0) is 30.8 Å². The Morgan fingerprint density at radius 1 is 1.00 bits per heavy atom. The standard InChI is InChI=1S/C29H29BrN4O6S/c1-33(2)25(35)17-34(41(3,39)40)22-12-10-21(11-13-22)31-28(19-7-4-18(5-8-19)6-15-26(36)37)27-23-14-9-20(30)16-24(23)32-29(27)38/h4-5,7-14,16,31H,6,15,17H2,1-3H3,(H,32,38)(H,36,37)/b28-27-. The van der Waals surface area contributed by atoms with Crippen molar-refractivity contribution in [3.05, 3.63) is 87.9 Å². The number of hydrogen-bond acceptors (Lipinski definition) is 6. The third-order valence-electron chi connectivity index (χ3n) is 6.45. The largest absolute Gasteiger partial charge is 0.481 e. The van der Waals surface area contributed by atoms with Gasteiger partial charge in [0, 0.05) is 36.2 Å². The number of nitrogens with one attached hydrogen (secondary N) is 2. The van der Waals surface area contributed by atoms with Crippen molar-refractivity contribution in [2.24, 2.45) is 0 Å². The van der Waals surface area contributed by atoms with Crippen LogP contribution in [0.4, 0.5) is 17.1 Å². The summed E-state index contributed by atoms with van der Waals surface area (Å²) in [6.07, 6.45) is 1.42. The number of aryl methyl sites for hydroxylation is 1. The van der Waals surface area contributed by atoms with Crippen molar-refractivity contribution in [3.63, 3.8) is 0 Å². The lowest BCUT2D eigenvalue weighted by Crippen LogP contribution is -2.39. The molecule has 0 radical (unpaired) electrons. The molecule has 0 saturated carbocycles. The van der Waals surface area contributed by atoms with E-state index in [1.165, 1.54) is 4.90 Å². The van der Waals surface area contributed by atoms with Crippen LogP contribution < -0.4 is 14.9 Å². The number of carbonyl (C=O) groups excluding carboxylic acids is 2. The van der Waals surface area contributed by atoms with Crippen LogP contribution in [0.5, 0.6) is 0 Å². The molecule has 0 aliphatic carbocycles. The predicted octanol–water partition coefficient (Wildman–Crippen LogP) is 4.25. The highest BCUT2D eigenvalue weighted by Crippen LogP contribution is 2.39. The molecule has 1 aliphatic rings. The van der Waals surface area contributed by atoms with Gasteiger partial charge in [0.05, 0.1) is 28.9 Å². The topological polar surface area (TPSA) is 136 Å². The molecule has 0 bridgehead atoms. The minimum absolute atomic E-state index is 0.00713. The van der Waals surface area contributed by atoms with Crippen molar-refractivity contribution >= 4 is 72.1 Å². The average molecular weight is 642 g/mol. The highest BCUT2D eigenvalue weighted by molar-refractivity contribution is 9.10. The van der Waals surface area contributed by atoms with Crippen molar-refractivity contribution < 1.29 is 27.9 Å². The van der Waals surface area contributed by atoms with Crippen molar-refractivity contribution in [2.45, 2.75) is 12.8 Å². The van der Waals surface area contributed by atoms with Gasteiger partial charge in [0.25, 0.3) is 5.91 Å². The maximum Gasteiger partial charge on any atom is 0.303 e. The Bertz CT molecular complexity index is 1630. The van der Waals surface area contributed by atoms with Gasteiger partial charge in [-0.2, -0.15) is 0 Å². The van der Waals surface area contributed by atoms with E-state index in [9.17, 15) is 22.8 Å². The molecule has 0 spiro atoms. The monoisotopic (exact) mass is 640 g/mol. The number of carbonyl (C=O) groups is 3. The molecule has 41 heavy (non-hydrogen) atoms. The SMILES string of the molecule is CN(C)C(=O)CN(c1ccc(N/C(=C2\C(=O)Nc3cc(Br)ccc32)c2ccc(CCC(=O)O)cc2)cc1)S(C)(=O)=O. The van der Waals surface area contributed by atoms with Gasteiger partial charge in [0.1, 0.15) is 6.54 Å². The number of nitrogens with zero attached hydrogens (tertiary/aromatic N) is 2. The summed E-state index contributed by atoms with van der Waals surface area (Å²) in [5.74, 6) is -1.54. The molecule has 1 aliphatic heterocycles. The second-order valence-corrected chi connectivity index (χ2v) is 12.5. The Hall–Kier alpha value is -4.16. The first kappa shape index (κ1) is 29.8. The number of hydrogen-bond donors (Lipinski definition) is 3. The fourth-order valence-electron chi connectivity index (χ4n) is 4.28. The van der Waals surface area contributed by atoms with Crippen molar-refractivity contribution in [1.29, 1.82) is 0 Å². The Kier molecular flexibility index (Phi) is 8.83. The van der Waals surface area contributed by atoms with Crippen LogP contribution in [0, 0.1) is 0 Å². The number of anilines is 3. The van der Waals surface area contributed by atoms with Crippen molar-refractivity contribution in [1.82, 2.24) is 4.90 Å². The molecule has 0 fully saturated rings. The van der Waals surface area contributed by atoms with Gasteiger partial charge in [-0.05, 0) is 53.9 Å². The van der Waals surface area contributed by atoms with Crippen LogP contribution in [0.3, 0.4) is 0 Å². The number of likely N-dealkylation sites (N-methyl/N-ethyl adjacent to an activating group) is 1. The maximum absolute atomic E-state index is 13.2. The third-order valence-corrected chi connectivity index (χ3v) is 8.08. The minimum Gasteiger partial charge on any atom is -0.481 e. The fourth-order valence-corrected chi connectivity index (χ4v) is 5.49. The molecule has 0 saturated heterocycles. The number of halogens is 1. The van der Waals surface area contributed by atoms with Crippen LogP contribution in [0.1, 0.15) is 23.1 Å². The van der Waals surface area contributed by atoms with Gasteiger partial charge in [-0.1, -0.05) is 46.3 Å². The molecular formula is C29H29BrN4O6S. The van der Waals surface area contributed by atoms with E-state index in [2.05, 4.69) is 26.6 Å². The van der Waals surface area contributed by atoms with E-state index in [1.807, 2.05) is 42.5 Å². The first-order valence-corrected chi connectivity index (χ1v) is 15.2. The summed E-state index contributed by atoms with van der Waals surface area (Å²) in [5, 5.41) is 15.2. The zero-order chi connectivity index (χ0) is 29.9. The predicted molar refractivity (Wildman–Crippen MR) is 163 cm³/mol. The number of fused-ring (bicyclic) bond motifs is 1. The quantitative estimate of drug-likeness (QED) is 0.282. The van der Waals surface area contributed by atoms with E-state index < -0.39 is 16.0 Å². The number of sulfonamides is 1. The number of carboxylic acid groups (broad SMARTS) is 1. The molecule has 12 heteroatoms. The molecule has 4 rings (SSSR count). The summed E-state index contributed by atoms with van der Waals surface area (Å²) in [6, 6.07) is 19.3. The molecule has 0 aromatic heterocycles. The van der Waals surface area contributed by atoms with Gasteiger partial charge >= 0.3 is 5.97 Å². The molecule has 3 aromatic rings. The van der Waals surface area contributed by atoms with Gasteiger partial charge in [-0.15, -0.1) is 0 Å². The second kappa shape index (κ2) is 12.1. The van der Waals surface area contributed by atoms with Crippen LogP contribution in [0.15, 0.2) is 71.2 Å². The van der Waals surface area contributed by atoms with Gasteiger partial charge < -0.3 is 20.6 Å². The lowest BCUT2D eigenvalue weighted by molar-refractivity contribution is -0.137. The molecular weight excluding hydrogens is 612 g/mol. The Labute approximate surface area is 246 Å². The van der Waals surface area contributed by atoms with Gasteiger partial charge in [0.15, 0.2) is 0 Å².